The third kappa shape index (κ3) is 1.94. The van der Waals surface area contributed by atoms with Crippen molar-refractivity contribution < 1.29 is 0 Å². The molecule has 0 aromatic carbocycles. The molecule has 0 aliphatic heterocycles. The molecule has 0 spiro atoms. The van der Waals surface area contributed by atoms with Gasteiger partial charge in [0.1, 0.15) is 0 Å². The van der Waals surface area contributed by atoms with E-state index in [4.69, 9.17) is 5.73 Å². The zero-order valence-electron chi connectivity index (χ0n) is 5.57. The Labute approximate surface area is 50.9 Å². The first-order chi connectivity index (χ1) is 3.48. The van der Waals surface area contributed by atoms with E-state index in [1.165, 1.54) is 0 Å². The second-order valence-electron chi connectivity index (χ2n) is 2.45. The molecule has 0 aromatic heterocycles. The van der Waals surface area contributed by atoms with E-state index in [1.807, 2.05) is 13.8 Å². The average molecular weight is 111 g/mol. The molecule has 2 N–H and O–H groups in total. The first-order valence-corrected chi connectivity index (χ1v) is 2.59. The SMILES string of the molecule is C=CC(=C)C(C)(C)N. The highest BCUT2D eigenvalue weighted by Gasteiger charge is 2.10. The van der Waals surface area contributed by atoms with Crippen LogP contribution >= 0.6 is 0 Å². The zero-order valence-corrected chi connectivity index (χ0v) is 5.57. The summed E-state index contributed by atoms with van der Waals surface area (Å²) in [5.74, 6) is 0. The van der Waals surface area contributed by atoms with Crippen LogP contribution in [0.5, 0.6) is 0 Å². The van der Waals surface area contributed by atoms with E-state index in [2.05, 4.69) is 13.2 Å². The Hall–Kier alpha value is -0.560. The van der Waals surface area contributed by atoms with Gasteiger partial charge in [0.05, 0.1) is 0 Å². The van der Waals surface area contributed by atoms with Gasteiger partial charge in [-0.25, -0.2) is 0 Å². The molecule has 0 unspecified atom stereocenters. The Kier molecular flexibility index (Phi) is 1.99. The largest absolute Gasteiger partial charge is 0.322 e. The normalized spacial score (nSPS) is 10.9. The van der Waals surface area contributed by atoms with Crippen LogP contribution in [0.4, 0.5) is 0 Å². The van der Waals surface area contributed by atoms with Crippen LogP contribution in [0.2, 0.25) is 0 Å². The molecule has 1 heteroatoms. The fraction of sp³-hybridized carbons (Fsp3) is 0.429. The van der Waals surface area contributed by atoms with Crippen LogP contribution in [0, 0.1) is 0 Å². The van der Waals surface area contributed by atoms with Gasteiger partial charge in [0, 0.05) is 5.54 Å². The van der Waals surface area contributed by atoms with Gasteiger partial charge in [0.2, 0.25) is 0 Å². The highest BCUT2D eigenvalue weighted by Crippen LogP contribution is 2.09. The Bertz CT molecular complexity index is 106. The Morgan fingerprint density at radius 2 is 2.00 bits per heavy atom. The fourth-order valence-corrected chi connectivity index (χ4v) is 0.263. The van der Waals surface area contributed by atoms with Crippen LogP contribution in [0.25, 0.3) is 0 Å². The van der Waals surface area contributed by atoms with Crippen molar-refractivity contribution in [3.8, 4) is 0 Å². The van der Waals surface area contributed by atoms with Gasteiger partial charge in [-0.05, 0) is 19.4 Å². The Morgan fingerprint density at radius 3 is 2.00 bits per heavy atom. The van der Waals surface area contributed by atoms with Crippen molar-refractivity contribution in [3.05, 3.63) is 24.8 Å². The molecule has 1 nitrogen and oxygen atoms in total. The monoisotopic (exact) mass is 111 g/mol. The number of rotatable bonds is 2. The highest BCUT2D eigenvalue weighted by molar-refractivity contribution is 5.22. The summed E-state index contributed by atoms with van der Waals surface area (Å²) in [5.41, 5.74) is 6.19. The van der Waals surface area contributed by atoms with E-state index in [0.717, 1.165) is 5.57 Å². The second-order valence-corrected chi connectivity index (χ2v) is 2.45. The molecule has 0 saturated heterocycles. The van der Waals surface area contributed by atoms with Crippen molar-refractivity contribution in [2.45, 2.75) is 19.4 Å². The van der Waals surface area contributed by atoms with Crippen molar-refractivity contribution in [1.82, 2.24) is 0 Å². The molecular weight excluding hydrogens is 98.1 g/mol. The maximum Gasteiger partial charge on any atom is 0.0346 e. The van der Waals surface area contributed by atoms with Gasteiger partial charge in [-0.2, -0.15) is 0 Å². The summed E-state index contributed by atoms with van der Waals surface area (Å²) in [6.45, 7) is 11.0. The van der Waals surface area contributed by atoms with Crippen LogP contribution < -0.4 is 5.73 Å². The van der Waals surface area contributed by atoms with E-state index in [9.17, 15) is 0 Å². The summed E-state index contributed by atoms with van der Waals surface area (Å²) < 4.78 is 0. The molecule has 0 atom stereocenters. The lowest BCUT2D eigenvalue weighted by atomic mass is 9.97. The maximum atomic E-state index is 5.62. The van der Waals surface area contributed by atoms with Gasteiger partial charge < -0.3 is 5.73 Å². The Balaban J connectivity index is 4.02. The van der Waals surface area contributed by atoms with E-state index < -0.39 is 0 Å². The standard InChI is InChI=1S/C7H13N/c1-5-6(2)7(3,4)8/h5H,1-2,8H2,3-4H3. The molecule has 0 radical (unpaired) electrons. The Morgan fingerprint density at radius 1 is 1.62 bits per heavy atom. The summed E-state index contributed by atoms with van der Waals surface area (Å²) in [7, 11) is 0. The molecule has 0 fully saturated rings. The summed E-state index contributed by atoms with van der Waals surface area (Å²) in [6, 6.07) is 0. The molecule has 0 heterocycles. The second kappa shape index (κ2) is 2.14. The van der Waals surface area contributed by atoms with Crippen LogP contribution in [0.1, 0.15) is 13.8 Å². The predicted octanol–water partition coefficient (Wildman–Crippen LogP) is 1.47. The van der Waals surface area contributed by atoms with Gasteiger partial charge in [-0.15, -0.1) is 0 Å². The summed E-state index contributed by atoms with van der Waals surface area (Å²) in [6.07, 6.45) is 1.68. The molecule has 8 heavy (non-hydrogen) atoms. The van der Waals surface area contributed by atoms with Crippen LogP contribution in [0.3, 0.4) is 0 Å². The lowest BCUT2D eigenvalue weighted by Gasteiger charge is -2.17. The predicted molar refractivity (Wildman–Crippen MR) is 37.6 cm³/mol. The fourth-order valence-electron chi connectivity index (χ4n) is 0.263. The summed E-state index contributed by atoms with van der Waals surface area (Å²) >= 11 is 0. The van der Waals surface area contributed by atoms with Crippen LogP contribution in [0.15, 0.2) is 24.8 Å². The van der Waals surface area contributed by atoms with Gasteiger partial charge >= 0.3 is 0 Å². The summed E-state index contributed by atoms with van der Waals surface area (Å²) in [5, 5.41) is 0. The van der Waals surface area contributed by atoms with E-state index in [1.54, 1.807) is 6.08 Å². The average Bonchev–Trinajstić information content (AvgIpc) is 1.62. The maximum absolute atomic E-state index is 5.62. The van der Waals surface area contributed by atoms with Gasteiger partial charge in [-0.3, -0.25) is 0 Å². The van der Waals surface area contributed by atoms with Crippen molar-refractivity contribution in [1.29, 1.82) is 0 Å². The molecule has 0 rings (SSSR count). The van der Waals surface area contributed by atoms with Crippen molar-refractivity contribution in [2.75, 3.05) is 0 Å². The molecule has 0 aliphatic rings. The quantitative estimate of drug-likeness (QED) is 0.536. The van der Waals surface area contributed by atoms with Crippen LogP contribution in [-0.2, 0) is 0 Å². The molecule has 0 aliphatic carbocycles. The topological polar surface area (TPSA) is 26.0 Å². The molecule has 0 saturated carbocycles. The molecule has 46 valence electrons. The molecule has 0 amide bonds. The number of hydrogen-bond donors (Lipinski definition) is 1. The number of nitrogens with two attached hydrogens (primary N) is 1. The van der Waals surface area contributed by atoms with E-state index in [-0.39, 0.29) is 5.54 Å². The first kappa shape index (κ1) is 7.44. The lowest BCUT2D eigenvalue weighted by Crippen LogP contribution is -2.32. The highest BCUT2D eigenvalue weighted by atomic mass is 14.7. The van der Waals surface area contributed by atoms with Gasteiger partial charge in [0.15, 0.2) is 0 Å². The molecule has 0 bridgehead atoms. The third-order valence-electron chi connectivity index (χ3n) is 1.07. The van der Waals surface area contributed by atoms with Gasteiger partial charge in [-0.1, -0.05) is 19.2 Å². The zero-order chi connectivity index (χ0) is 6.78. The van der Waals surface area contributed by atoms with E-state index in [0.29, 0.717) is 0 Å². The number of hydrogen-bond acceptors (Lipinski definition) is 1. The lowest BCUT2D eigenvalue weighted by molar-refractivity contribution is 0.628. The van der Waals surface area contributed by atoms with Crippen molar-refractivity contribution in [3.63, 3.8) is 0 Å². The van der Waals surface area contributed by atoms with Crippen molar-refractivity contribution in [2.24, 2.45) is 5.73 Å². The molecule has 0 aromatic rings. The molecular formula is C7H13N. The smallest absolute Gasteiger partial charge is 0.0346 e. The van der Waals surface area contributed by atoms with E-state index >= 15 is 0 Å². The van der Waals surface area contributed by atoms with Crippen molar-refractivity contribution >= 4 is 0 Å². The first-order valence-electron chi connectivity index (χ1n) is 2.59. The minimum absolute atomic E-state index is 0.304. The van der Waals surface area contributed by atoms with Gasteiger partial charge in [0.25, 0.3) is 0 Å². The van der Waals surface area contributed by atoms with Crippen LogP contribution in [-0.4, -0.2) is 5.54 Å². The summed E-state index contributed by atoms with van der Waals surface area (Å²) in [4.78, 5) is 0. The third-order valence-corrected chi connectivity index (χ3v) is 1.07. The minimum atomic E-state index is -0.304. The minimum Gasteiger partial charge on any atom is -0.322 e.